The summed E-state index contributed by atoms with van der Waals surface area (Å²) in [4.78, 5) is 12.1. The zero-order valence-corrected chi connectivity index (χ0v) is 19.8. The second-order valence-corrected chi connectivity index (χ2v) is 9.06. The van der Waals surface area contributed by atoms with Crippen LogP contribution in [0.5, 0.6) is 5.75 Å². The van der Waals surface area contributed by atoms with Crippen LogP contribution in [-0.4, -0.2) is 17.7 Å². The number of allylic oxidation sites excluding steroid dienone is 1. The molecule has 3 rings (SSSR count). The third kappa shape index (κ3) is 5.37. The SMILES string of the molecule is CCCOc1c(CCC)cc(CCC)cc1-c1cccc2sc(C(C)=CC(=O)O)cc12. The Kier molecular flexibility index (Phi) is 7.91. The van der Waals surface area contributed by atoms with Crippen LogP contribution < -0.4 is 4.74 Å². The van der Waals surface area contributed by atoms with E-state index in [1.165, 1.54) is 17.2 Å². The Balaban J connectivity index is 2.24. The van der Waals surface area contributed by atoms with Gasteiger partial charge in [0.1, 0.15) is 5.75 Å². The first-order chi connectivity index (χ1) is 15.0. The molecule has 0 atom stereocenters. The molecule has 0 saturated carbocycles. The van der Waals surface area contributed by atoms with E-state index in [4.69, 9.17) is 9.84 Å². The molecule has 0 aliphatic rings. The topological polar surface area (TPSA) is 46.5 Å². The predicted octanol–water partition coefficient (Wildman–Crippen LogP) is 7.75. The van der Waals surface area contributed by atoms with Gasteiger partial charge < -0.3 is 9.84 Å². The Hall–Kier alpha value is -2.59. The van der Waals surface area contributed by atoms with Crippen molar-refractivity contribution in [2.24, 2.45) is 0 Å². The van der Waals surface area contributed by atoms with Gasteiger partial charge >= 0.3 is 5.97 Å². The molecule has 1 aromatic heterocycles. The molecule has 2 aromatic carbocycles. The number of aryl methyl sites for hydroxylation is 2. The predicted molar refractivity (Wildman–Crippen MR) is 132 cm³/mol. The van der Waals surface area contributed by atoms with E-state index in [1.807, 2.05) is 6.92 Å². The van der Waals surface area contributed by atoms with Gasteiger partial charge in [-0.2, -0.15) is 0 Å². The minimum Gasteiger partial charge on any atom is -0.493 e. The second-order valence-electron chi connectivity index (χ2n) is 7.97. The van der Waals surface area contributed by atoms with Crippen molar-refractivity contribution in [1.29, 1.82) is 0 Å². The van der Waals surface area contributed by atoms with Crippen LogP contribution in [0, 0.1) is 0 Å². The number of rotatable bonds is 10. The maximum atomic E-state index is 11.1. The highest BCUT2D eigenvalue weighted by molar-refractivity contribution is 7.20. The minimum absolute atomic E-state index is 0.697. The first kappa shape index (κ1) is 23.1. The van der Waals surface area contributed by atoms with Crippen LogP contribution in [0.4, 0.5) is 0 Å². The van der Waals surface area contributed by atoms with Gasteiger partial charge in [0.15, 0.2) is 0 Å². The zero-order valence-electron chi connectivity index (χ0n) is 19.0. The molecule has 0 unspecified atom stereocenters. The molecule has 164 valence electrons. The molecular weight excluding hydrogens is 404 g/mol. The Morgan fingerprint density at radius 2 is 1.81 bits per heavy atom. The molecule has 3 aromatic rings. The molecule has 31 heavy (non-hydrogen) atoms. The number of fused-ring (bicyclic) bond motifs is 1. The summed E-state index contributed by atoms with van der Waals surface area (Å²) in [5, 5.41) is 10.3. The lowest BCUT2D eigenvalue weighted by Crippen LogP contribution is -2.03. The number of carboxylic acid groups (broad SMARTS) is 1. The number of carboxylic acids is 1. The quantitative estimate of drug-likeness (QED) is 0.330. The van der Waals surface area contributed by atoms with Crippen molar-refractivity contribution in [3.05, 3.63) is 58.5 Å². The van der Waals surface area contributed by atoms with Crippen LogP contribution in [0.15, 0.2) is 42.5 Å². The van der Waals surface area contributed by atoms with E-state index in [0.29, 0.717) is 6.61 Å². The van der Waals surface area contributed by atoms with E-state index in [0.717, 1.165) is 69.5 Å². The van der Waals surface area contributed by atoms with E-state index < -0.39 is 5.97 Å². The molecular formula is C27H32O3S. The maximum Gasteiger partial charge on any atom is 0.328 e. The van der Waals surface area contributed by atoms with Crippen LogP contribution in [0.25, 0.3) is 26.8 Å². The summed E-state index contributed by atoms with van der Waals surface area (Å²) >= 11 is 1.64. The van der Waals surface area contributed by atoms with Crippen LogP contribution in [0.3, 0.4) is 0 Å². The van der Waals surface area contributed by atoms with E-state index in [2.05, 4.69) is 57.2 Å². The second kappa shape index (κ2) is 10.6. The first-order valence-corrected chi connectivity index (χ1v) is 12.0. The first-order valence-electron chi connectivity index (χ1n) is 11.2. The number of aliphatic carboxylic acids is 1. The molecule has 4 heteroatoms. The lowest BCUT2D eigenvalue weighted by molar-refractivity contribution is -0.131. The molecule has 3 nitrogen and oxygen atoms in total. The van der Waals surface area contributed by atoms with Gasteiger partial charge in [-0.15, -0.1) is 11.3 Å². The molecule has 0 saturated heterocycles. The number of hydrogen-bond acceptors (Lipinski definition) is 3. The molecule has 0 radical (unpaired) electrons. The molecule has 0 amide bonds. The number of ether oxygens (including phenoxy) is 1. The molecule has 0 aliphatic heterocycles. The zero-order chi connectivity index (χ0) is 22.4. The van der Waals surface area contributed by atoms with Gasteiger partial charge in [-0.25, -0.2) is 4.79 Å². The maximum absolute atomic E-state index is 11.1. The fourth-order valence-electron chi connectivity index (χ4n) is 3.96. The Bertz CT molecular complexity index is 1090. The van der Waals surface area contributed by atoms with Crippen LogP contribution in [0.2, 0.25) is 0 Å². The number of thiophene rings is 1. The third-order valence-electron chi connectivity index (χ3n) is 5.31. The lowest BCUT2D eigenvalue weighted by atomic mass is 9.93. The van der Waals surface area contributed by atoms with Crippen molar-refractivity contribution in [1.82, 2.24) is 0 Å². The average Bonchev–Trinajstić information content (AvgIpc) is 3.17. The number of carbonyl (C=O) groups is 1. The van der Waals surface area contributed by atoms with Crippen molar-refractivity contribution in [2.45, 2.75) is 59.8 Å². The normalized spacial score (nSPS) is 11.8. The summed E-state index contributed by atoms with van der Waals surface area (Å²) in [5.74, 6) is 0.0866. The summed E-state index contributed by atoms with van der Waals surface area (Å²) < 4.78 is 7.49. The van der Waals surface area contributed by atoms with E-state index in [9.17, 15) is 4.79 Å². The summed E-state index contributed by atoms with van der Waals surface area (Å²) in [6, 6.07) is 13.1. The van der Waals surface area contributed by atoms with Gasteiger partial charge in [-0.3, -0.25) is 0 Å². The summed E-state index contributed by atoms with van der Waals surface area (Å²) in [6.45, 7) is 9.11. The van der Waals surface area contributed by atoms with Crippen molar-refractivity contribution in [2.75, 3.05) is 6.61 Å². The van der Waals surface area contributed by atoms with Gasteiger partial charge in [0.2, 0.25) is 0 Å². The fourth-order valence-corrected chi connectivity index (χ4v) is 5.02. The van der Waals surface area contributed by atoms with Gasteiger partial charge in [-0.05, 0) is 66.6 Å². The molecule has 0 bridgehead atoms. The third-order valence-corrected chi connectivity index (χ3v) is 6.55. The largest absolute Gasteiger partial charge is 0.493 e. The van der Waals surface area contributed by atoms with Gasteiger partial charge in [0, 0.05) is 26.6 Å². The fraction of sp³-hybridized carbons (Fsp3) is 0.370. The molecule has 0 spiro atoms. The van der Waals surface area contributed by atoms with E-state index in [-0.39, 0.29) is 0 Å². The standard InChI is InChI=1S/C27H32O3S/c1-5-9-19-15-20(10-6-2)27(30-13-7-3)23(16-19)21-11-8-12-24-22(21)17-25(31-24)18(4)14-26(28)29/h8,11-12,14-17H,5-7,9-10,13H2,1-4H3,(H,28,29). The smallest absolute Gasteiger partial charge is 0.328 e. The van der Waals surface area contributed by atoms with Crippen LogP contribution in [0.1, 0.15) is 63.0 Å². The highest BCUT2D eigenvalue weighted by atomic mass is 32.1. The van der Waals surface area contributed by atoms with Gasteiger partial charge in [0.05, 0.1) is 6.61 Å². The van der Waals surface area contributed by atoms with Gasteiger partial charge in [-0.1, -0.05) is 51.8 Å². The Morgan fingerprint density at radius 1 is 1.03 bits per heavy atom. The molecule has 1 heterocycles. The van der Waals surface area contributed by atoms with E-state index >= 15 is 0 Å². The van der Waals surface area contributed by atoms with Crippen molar-refractivity contribution in [3.63, 3.8) is 0 Å². The lowest BCUT2D eigenvalue weighted by Gasteiger charge is -2.18. The Labute approximate surface area is 189 Å². The highest BCUT2D eigenvalue weighted by Gasteiger charge is 2.17. The number of hydrogen-bond donors (Lipinski definition) is 1. The monoisotopic (exact) mass is 436 g/mol. The molecule has 1 N–H and O–H groups in total. The van der Waals surface area contributed by atoms with Crippen molar-refractivity contribution < 1.29 is 14.6 Å². The van der Waals surface area contributed by atoms with Crippen molar-refractivity contribution in [3.8, 4) is 16.9 Å². The average molecular weight is 437 g/mol. The Morgan fingerprint density at radius 3 is 2.48 bits per heavy atom. The van der Waals surface area contributed by atoms with Crippen LogP contribution in [-0.2, 0) is 17.6 Å². The summed E-state index contributed by atoms with van der Waals surface area (Å²) in [7, 11) is 0. The van der Waals surface area contributed by atoms with Gasteiger partial charge in [0.25, 0.3) is 0 Å². The molecule has 0 fully saturated rings. The summed E-state index contributed by atoms with van der Waals surface area (Å²) in [6.07, 6.45) is 6.46. The number of benzene rings is 2. The highest BCUT2D eigenvalue weighted by Crippen LogP contribution is 2.42. The van der Waals surface area contributed by atoms with Crippen molar-refractivity contribution >= 4 is 33.0 Å². The van der Waals surface area contributed by atoms with Crippen LogP contribution >= 0.6 is 11.3 Å². The summed E-state index contributed by atoms with van der Waals surface area (Å²) in [5.41, 5.74) is 5.71. The minimum atomic E-state index is -0.915. The van der Waals surface area contributed by atoms with E-state index in [1.54, 1.807) is 11.3 Å². The molecule has 0 aliphatic carbocycles.